The van der Waals surface area contributed by atoms with E-state index in [1.54, 1.807) is 0 Å². The quantitative estimate of drug-likeness (QED) is 0.746. The van der Waals surface area contributed by atoms with Crippen LogP contribution in [0.5, 0.6) is 0 Å². The van der Waals surface area contributed by atoms with E-state index in [0.29, 0.717) is 6.04 Å². The molecule has 1 saturated heterocycles. The second-order valence-electron chi connectivity index (χ2n) is 6.13. The van der Waals surface area contributed by atoms with Crippen molar-refractivity contribution in [1.82, 2.24) is 10.4 Å². The Hall–Kier alpha value is -0.0800. The summed E-state index contributed by atoms with van der Waals surface area (Å²) in [4.78, 5) is 0. The predicted octanol–water partition coefficient (Wildman–Crippen LogP) is 3.44. The number of hydrogen-bond donors (Lipinski definition) is 1. The number of nitrogens with one attached hydrogen (secondary N) is 1. The SMILES string of the molecule is CC(C)CC(CC(C)C)NN1CCCCC1. The van der Waals surface area contributed by atoms with Gasteiger partial charge in [0.25, 0.3) is 0 Å². The molecule has 16 heavy (non-hydrogen) atoms. The van der Waals surface area contributed by atoms with Crippen molar-refractivity contribution in [1.29, 1.82) is 0 Å². The van der Waals surface area contributed by atoms with E-state index in [9.17, 15) is 0 Å². The summed E-state index contributed by atoms with van der Waals surface area (Å²) in [5, 5.41) is 2.46. The van der Waals surface area contributed by atoms with E-state index in [-0.39, 0.29) is 0 Å². The van der Waals surface area contributed by atoms with Crippen LogP contribution in [0.15, 0.2) is 0 Å². The highest BCUT2D eigenvalue weighted by Crippen LogP contribution is 2.15. The number of rotatable bonds is 6. The van der Waals surface area contributed by atoms with E-state index in [1.807, 2.05) is 0 Å². The molecule has 1 rings (SSSR count). The van der Waals surface area contributed by atoms with Gasteiger partial charge in [-0.3, -0.25) is 5.43 Å². The third kappa shape index (κ3) is 5.86. The van der Waals surface area contributed by atoms with Crippen molar-refractivity contribution in [2.75, 3.05) is 13.1 Å². The molecule has 2 heteroatoms. The van der Waals surface area contributed by atoms with Crippen LogP contribution in [0.2, 0.25) is 0 Å². The third-order valence-corrected chi connectivity index (χ3v) is 3.23. The summed E-state index contributed by atoms with van der Waals surface area (Å²) in [7, 11) is 0. The molecule has 0 atom stereocenters. The maximum Gasteiger partial charge on any atom is 0.0220 e. The van der Waals surface area contributed by atoms with Crippen LogP contribution in [-0.2, 0) is 0 Å². The Morgan fingerprint density at radius 1 is 0.875 bits per heavy atom. The molecule has 1 aliphatic rings. The maximum atomic E-state index is 3.75. The molecule has 0 aromatic rings. The molecule has 0 radical (unpaired) electrons. The summed E-state index contributed by atoms with van der Waals surface area (Å²) >= 11 is 0. The lowest BCUT2D eigenvalue weighted by Gasteiger charge is -2.33. The summed E-state index contributed by atoms with van der Waals surface area (Å²) in [6.45, 7) is 11.8. The average molecular weight is 226 g/mol. The van der Waals surface area contributed by atoms with Gasteiger partial charge in [0.15, 0.2) is 0 Å². The van der Waals surface area contributed by atoms with E-state index >= 15 is 0 Å². The summed E-state index contributed by atoms with van der Waals surface area (Å²) in [6, 6.07) is 0.679. The minimum Gasteiger partial charge on any atom is -0.252 e. The zero-order chi connectivity index (χ0) is 12.0. The van der Waals surface area contributed by atoms with Gasteiger partial charge < -0.3 is 0 Å². The molecule has 0 saturated carbocycles. The molecule has 0 spiro atoms. The van der Waals surface area contributed by atoms with Gasteiger partial charge in [-0.1, -0.05) is 34.1 Å². The van der Waals surface area contributed by atoms with Crippen molar-refractivity contribution in [2.24, 2.45) is 11.8 Å². The Bertz CT molecular complexity index is 162. The van der Waals surface area contributed by atoms with Crippen molar-refractivity contribution in [2.45, 2.75) is 65.8 Å². The Labute approximate surface area is 102 Å². The first-order valence-corrected chi connectivity index (χ1v) is 7.09. The van der Waals surface area contributed by atoms with Gasteiger partial charge in [-0.25, -0.2) is 5.01 Å². The fourth-order valence-electron chi connectivity index (χ4n) is 2.62. The lowest BCUT2D eigenvalue weighted by atomic mass is 9.96. The topological polar surface area (TPSA) is 15.3 Å². The van der Waals surface area contributed by atoms with E-state index in [0.717, 1.165) is 11.8 Å². The Morgan fingerprint density at radius 2 is 1.38 bits per heavy atom. The molecular formula is C14H30N2. The number of hydrazine groups is 1. The molecule has 0 aliphatic carbocycles. The largest absolute Gasteiger partial charge is 0.252 e. The molecule has 0 bridgehead atoms. The molecule has 1 fully saturated rings. The fraction of sp³-hybridized carbons (Fsp3) is 1.00. The smallest absolute Gasteiger partial charge is 0.0220 e. The highest BCUT2D eigenvalue weighted by molar-refractivity contribution is 4.71. The first-order valence-electron chi connectivity index (χ1n) is 7.09. The summed E-state index contributed by atoms with van der Waals surface area (Å²) in [5.74, 6) is 1.59. The first-order chi connectivity index (χ1) is 7.58. The monoisotopic (exact) mass is 226 g/mol. The molecule has 1 heterocycles. The lowest BCUT2D eigenvalue weighted by Crippen LogP contribution is -2.48. The summed E-state index contributed by atoms with van der Waals surface area (Å²) < 4.78 is 0. The molecule has 0 aromatic heterocycles. The van der Waals surface area contributed by atoms with Gasteiger partial charge in [0, 0.05) is 19.1 Å². The van der Waals surface area contributed by atoms with Crippen molar-refractivity contribution >= 4 is 0 Å². The second kappa shape index (κ2) is 7.29. The lowest BCUT2D eigenvalue weighted by molar-refractivity contribution is 0.112. The number of piperidine rings is 1. The van der Waals surface area contributed by atoms with Crippen molar-refractivity contribution in [3.05, 3.63) is 0 Å². The van der Waals surface area contributed by atoms with Crippen LogP contribution in [0, 0.1) is 11.8 Å². The normalized spacial score (nSPS) is 18.9. The van der Waals surface area contributed by atoms with E-state index in [4.69, 9.17) is 0 Å². The fourth-order valence-corrected chi connectivity index (χ4v) is 2.62. The molecule has 1 aliphatic heterocycles. The molecule has 0 unspecified atom stereocenters. The Morgan fingerprint density at radius 3 is 1.81 bits per heavy atom. The van der Waals surface area contributed by atoms with Crippen LogP contribution < -0.4 is 5.43 Å². The van der Waals surface area contributed by atoms with E-state index in [2.05, 4.69) is 38.1 Å². The van der Waals surface area contributed by atoms with Crippen molar-refractivity contribution in [3.8, 4) is 0 Å². The van der Waals surface area contributed by atoms with Gasteiger partial charge in [0.2, 0.25) is 0 Å². The first kappa shape index (κ1) is 14.0. The highest BCUT2D eigenvalue weighted by Gasteiger charge is 2.17. The van der Waals surface area contributed by atoms with E-state index in [1.165, 1.54) is 45.2 Å². The van der Waals surface area contributed by atoms with Crippen LogP contribution in [0.4, 0.5) is 0 Å². The minimum atomic E-state index is 0.679. The minimum absolute atomic E-state index is 0.679. The van der Waals surface area contributed by atoms with Gasteiger partial charge in [-0.05, 0) is 37.5 Å². The van der Waals surface area contributed by atoms with Crippen molar-refractivity contribution in [3.63, 3.8) is 0 Å². The van der Waals surface area contributed by atoms with Crippen LogP contribution >= 0.6 is 0 Å². The van der Waals surface area contributed by atoms with Gasteiger partial charge in [0.1, 0.15) is 0 Å². The van der Waals surface area contributed by atoms with Crippen LogP contribution in [-0.4, -0.2) is 24.1 Å². The molecule has 1 N–H and O–H groups in total. The number of hydrogen-bond acceptors (Lipinski definition) is 2. The van der Waals surface area contributed by atoms with Gasteiger partial charge in [-0.2, -0.15) is 0 Å². The molecule has 2 nitrogen and oxygen atoms in total. The predicted molar refractivity (Wildman–Crippen MR) is 71.3 cm³/mol. The zero-order valence-electron chi connectivity index (χ0n) is 11.6. The van der Waals surface area contributed by atoms with Crippen LogP contribution in [0.25, 0.3) is 0 Å². The highest BCUT2D eigenvalue weighted by atomic mass is 15.5. The Balaban J connectivity index is 2.35. The molecule has 0 aromatic carbocycles. The average Bonchev–Trinajstić information content (AvgIpc) is 2.16. The molecular weight excluding hydrogens is 196 g/mol. The molecule has 96 valence electrons. The van der Waals surface area contributed by atoms with Crippen LogP contribution in [0.3, 0.4) is 0 Å². The van der Waals surface area contributed by atoms with Crippen molar-refractivity contribution < 1.29 is 0 Å². The van der Waals surface area contributed by atoms with E-state index < -0.39 is 0 Å². The van der Waals surface area contributed by atoms with Gasteiger partial charge >= 0.3 is 0 Å². The van der Waals surface area contributed by atoms with Gasteiger partial charge in [0.05, 0.1) is 0 Å². The zero-order valence-corrected chi connectivity index (χ0v) is 11.6. The molecule has 0 amide bonds. The maximum absolute atomic E-state index is 3.75. The third-order valence-electron chi connectivity index (χ3n) is 3.23. The number of nitrogens with zero attached hydrogens (tertiary/aromatic N) is 1. The Kier molecular flexibility index (Phi) is 6.37. The second-order valence-corrected chi connectivity index (χ2v) is 6.13. The standard InChI is InChI=1S/C14H30N2/c1-12(2)10-14(11-13(3)4)15-16-8-6-5-7-9-16/h12-15H,5-11H2,1-4H3. The van der Waals surface area contributed by atoms with Gasteiger partial charge in [-0.15, -0.1) is 0 Å². The van der Waals surface area contributed by atoms with Crippen LogP contribution in [0.1, 0.15) is 59.8 Å². The summed E-state index contributed by atoms with van der Waals surface area (Å²) in [5.41, 5.74) is 3.75. The summed E-state index contributed by atoms with van der Waals surface area (Å²) in [6.07, 6.45) is 6.74.